The fraction of sp³-hybridized carbons (Fsp3) is 0.471. The Labute approximate surface area is 139 Å². The maximum absolute atomic E-state index is 12.2. The molecule has 130 valence electrons. The van der Waals surface area contributed by atoms with Crippen LogP contribution in [0.4, 0.5) is 0 Å². The van der Waals surface area contributed by atoms with E-state index >= 15 is 0 Å². The summed E-state index contributed by atoms with van der Waals surface area (Å²) < 4.78 is 20.7. The van der Waals surface area contributed by atoms with Crippen LogP contribution in [0.2, 0.25) is 0 Å². The molecule has 2 rings (SSSR count). The standard InChI is InChI=1S/C17H20O7/c1-21-13-6-5-10(15(22-2)16(13)23-3)11-7-9(18)8-12(19)14(11)17(20)24-4/h5-6,11,14H,7-8H2,1-4H3. The van der Waals surface area contributed by atoms with Gasteiger partial charge >= 0.3 is 5.97 Å². The van der Waals surface area contributed by atoms with E-state index in [9.17, 15) is 14.4 Å². The van der Waals surface area contributed by atoms with Gasteiger partial charge in [-0.2, -0.15) is 0 Å². The molecule has 0 heterocycles. The molecule has 1 aliphatic rings. The average Bonchev–Trinajstić information content (AvgIpc) is 2.58. The first-order valence-corrected chi connectivity index (χ1v) is 7.39. The summed E-state index contributed by atoms with van der Waals surface area (Å²) in [6.07, 6.45) is -0.205. The highest BCUT2D eigenvalue weighted by molar-refractivity contribution is 6.11. The van der Waals surface area contributed by atoms with Gasteiger partial charge in [-0.25, -0.2) is 0 Å². The number of rotatable bonds is 5. The second-order valence-corrected chi connectivity index (χ2v) is 5.42. The largest absolute Gasteiger partial charge is 0.493 e. The molecule has 0 saturated heterocycles. The van der Waals surface area contributed by atoms with Crippen molar-refractivity contribution in [1.29, 1.82) is 0 Å². The van der Waals surface area contributed by atoms with E-state index in [1.807, 2.05) is 0 Å². The molecule has 1 aromatic rings. The molecule has 0 radical (unpaired) electrons. The third kappa shape index (κ3) is 3.06. The molecule has 2 unspecified atom stereocenters. The Balaban J connectivity index is 2.60. The van der Waals surface area contributed by atoms with Crippen LogP contribution in [-0.4, -0.2) is 46.0 Å². The number of carbonyl (C=O) groups excluding carboxylic acids is 3. The van der Waals surface area contributed by atoms with Crippen LogP contribution in [0.5, 0.6) is 17.2 Å². The van der Waals surface area contributed by atoms with E-state index in [0.717, 1.165) is 0 Å². The van der Waals surface area contributed by atoms with Crippen molar-refractivity contribution in [2.45, 2.75) is 18.8 Å². The second kappa shape index (κ2) is 7.33. The normalized spacial score (nSPS) is 20.5. The summed E-state index contributed by atoms with van der Waals surface area (Å²) >= 11 is 0. The van der Waals surface area contributed by atoms with Gasteiger partial charge in [-0.1, -0.05) is 6.07 Å². The highest BCUT2D eigenvalue weighted by Gasteiger charge is 2.43. The van der Waals surface area contributed by atoms with Crippen molar-refractivity contribution < 1.29 is 33.3 Å². The van der Waals surface area contributed by atoms with Gasteiger partial charge in [0.05, 0.1) is 34.9 Å². The summed E-state index contributed by atoms with van der Waals surface area (Å²) in [6, 6.07) is 3.32. The Hall–Kier alpha value is -2.57. The zero-order valence-corrected chi connectivity index (χ0v) is 14.1. The first-order valence-electron chi connectivity index (χ1n) is 7.39. The first kappa shape index (κ1) is 17.8. The molecule has 1 saturated carbocycles. The number of ketones is 2. The van der Waals surface area contributed by atoms with Crippen molar-refractivity contribution >= 4 is 17.5 Å². The van der Waals surface area contributed by atoms with Crippen LogP contribution in [0, 0.1) is 5.92 Å². The van der Waals surface area contributed by atoms with Crippen LogP contribution in [0.1, 0.15) is 24.3 Å². The van der Waals surface area contributed by atoms with Gasteiger partial charge in [0, 0.05) is 17.9 Å². The number of methoxy groups -OCH3 is 4. The predicted molar refractivity (Wildman–Crippen MR) is 83.6 cm³/mol. The number of carbonyl (C=O) groups is 3. The van der Waals surface area contributed by atoms with Gasteiger partial charge < -0.3 is 18.9 Å². The topological polar surface area (TPSA) is 88.1 Å². The molecular formula is C17H20O7. The molecule has 0 bridgehead atoms. The van der Waals surface area contributed by atoms with Gasteiger partial charge in [0.15, 0.2) is 17.3 Å². The van der Waals surface area contributed by atoms with E-state index in [-0.39, 0.29) is 18.6 Å². The Bertz CT molecular complexity index is 665. The fourth-order valence-electron chi connectivity index (χ4n) is 3.09. The van der Waals surface area contributed by atoms with Crippen LogP contribution in [0.3, 0.4) is 0 Å². The maximum Gasteiger partial charge on any atom is 0.316 e. The Morgan fingerprint density at radius 3 is 2.21 bits per heavy atom. The van der Waals surface area contributed by atoms with Crippen molar-refractivity contribution in [3.63, 3.8) is 0 Å². The van der Waals surface area contributed by atoms with Crippen molar-refractivity contribution in [2.75, 3.05) is 28.4 Å². The lowest BCUT2D eigenvalue weighted by atomic mass is 9.73. The molecule has 1 aromatic carbocycles. The number of Topliss-reactive ketones (excluding diaryl/α,β-unsaturated/α-hetero) is 2. The van der Waals surface area contributed by atoms with E-state index in [1.165, 1.54) is 28.4 Å². The molecule has 7 nitrogen and oxygen atoms in total. The van der Waals surface area contributed by atoms with Crippen molar-refractivity contribution in [2.24, 2.45) is 5.92 Å². The Kier molecular flexibility index (Phi) is 5.43. The van der Waals surface area contributed by atoms with Gasteiger partial charge in [0.2, 0.25) is 5.75 Å². The molecular weight excluding hydrogens is 316 g/mol. The average molecular weight is 336 g/mol. The van der Waals surface area contributed by atoms with Gasteiger partial charge in [-0.05, 0) is 6.07 Å². The molecule has 1 aliphatic carbocycles. The lowest BCUT2D eigenvalue weighted by Gasteiger charge is -2.29. The van der Waals surface area contributed by atoms with E-state index in [0.29, 0.717) is 22.8 Å². The van der Waals surface area contributed by atoms with Gasteiger partial charge in [-0.3, -0.25) is 14.4 Å². The lowest BCUT2D eigenvalue weighted by molar-refractivity contribution is -0.152. The van der Waals surface area contributed by atoms with Crippen molar-refractivity contribution in [1.82, 2.24) is 0 Å². The molecule has 0 spiro atoms. The number of hydrogen-bond acceptors (Lipinski definition) is 7. The molecule has 0 N–H and O–H groups in total. The van der Waals surface area contributed by atoms with Crippen LogP contribution in [-0.2, 0) is 19.1 Å². The first-order chi connectivity index (χ1) is 11.5. The molecule has 2 atom stereocenters. The maximum atomic E-state index is 12.2. The zero-order valence-electron chi connectivity index (χ0n) is 14.1. The minimum absolute atomic E-state index is 0.0529. The SMILES string of the molecule is COC(=O)C1C(=O)CC(=O)CC1c1ccc(OC)c(OC)c1OC. The summed E-state index contributed by atoms with van der Waals surface area (Å²) in [5.74, 6) is -1.91. The number of esters is 1. The Morgan fingerprint density at radius 2 is 1.67 bits per heavy atom. The summed E-state index contributed by atoms with van der Waals surface area (Å²) in [5, 5.41) is 0. The van der Waals surface area contributed by atoms with Gasteiger partial charge in [-0.15, -0.1) is 0 Å². The number of benzene rings is 1. The highest BCUT2D eigenvalue weighted by Crippen LogP contribution is 2.47. The molecule has 0 amide bonds. The lowest BCUT2D eigenvalue weighted by Crippen LogP contribution is -2.38. The number of hydrogen-bond donors (Lipinski definition) is 0. The summed E-state index contributed by atoms with van der Waals surface area (Å²) in [6.45, 7) is 0. The van der Waals surface area contributed by atoms with Crippen LogP contribution in [0.25, 0.3) is 0 Å². The van der Waals surface area contributed by atoms with Crippen LogP contribution in [0.15, 0.2) is 12.1 Å². The quantitative estimate of drug-likeness (QED) is 0.595. The van der Waals surface area contributed by atoms with E-state index in [1.54, 1.807) is 12.1 Å². The fourth-order valence-corrected chi connectivity index (χ4v) is 3.09. The summed E-state index contributed by atoms with van der Waals surface area (Å²) in [5.41, 5.74) is 0.534. The minimum Gasteiger partial charge on any atom is -0.493 e. The van der Waals surface area contributed by atoms with E-state index in [4.69, 9.17) is 18.9 Å². The van der Waals surface area contributed by atoms with Crippen molar-refractivity contribution in [3.05, 3.63) is 17.7 Å². The zero-order chi connectivity index (χ0) is 17.9. The molecule has 7 heteroatoms. The summed E-state index contributed by atoms with van der Waals surface area (Å²) in [7, 11) is 5.61. The van der Waals surface area contributed by atoms with Crippen LogP contribution < -0.4 is 14.2 Å². The number of ether oxygens (including phenoxy) is 4. The third-order valence-electron chi connectivity index (χ3n) is 4.16. The smallest absolute Gasteiger partial charge is 0.316 e. The van der Waals surface area contributed by atoms with Crippen molar-refractivity contribution in [3.8, 4) is 17.2 Å². The van der Waals surface area contributed by atoms with Crippen LogP contribution >= 0.6 is 0 Å². The monoisotopic (exact) mass is 336 g/mol. The molecule has 0 aromatic heterocycles. The van der Waals surface area contributed by atoms with E-state index < -0.39 is 23.6 Å². The molecule has 1 fully saturated rings. The minimum atomic E-state index is -1.04. The Morgan fingerprint density at radius 1 is 1.00 bits per heavy atom. The van der Waals surface area contributed by atoms with Gasteiger partial charge in [0.1, 0.15) is 11.7 Å². The molecule has 24 heavy (non-hydrogen) atoms. The third-order valence-corrected chi connectivity index (χ3v) is 4.16. The predicted octanol–water partition coefficient (Wildman–Crippen LogP) is 1.52. The molecule has 0 aliphatic heterocycles. The summed E-state index contributed by atoms with van der Waals surface area (Å²) in [4.78, 5) is 36.3. The second-order valence-electron chi connectivity index (χ2n) is 5.42. The van der Waals surface area contributed by atoms with Gasteiger partial charge in [0.25, 0.3) is 0 Å². The highest BCUT2D eigenvalue weighted by atomic mass is 16.5. The van der Waals surface area contributed by atoms with E-state index in [2.05, 4.69) is 0 Å².